The van der Waals surface area contributed by atoms with Crippen molar-refractivity contribution in [2.24, 2.45) is 0 Å². The van der Waals surface area contributed by atoms with Gasteiger partial charge in [0.15, 0.2) is 0 Å². The molecule has 0 radical (unpaired) electrons. The number of carboxylic acid groups (broad SMARTS) is 1. The molecular formula is C13H17ClO3. The minimum absolute atomic E-state index is 0.00424. The highest BCUT2D eigenvalue weighted by atomic mass is 35.5. The van der Waals surface area contributed by atoms with E-state index in [0.29, 0.717) is 10.6 Å². The number of hydrogen-bond donors (Lipinski definition) is 2. The molecule has 0 aromatic heterocycles. The van der Waals surface area contributed by atoms with Gasteiger partial charge in [-0.2, -0.15) is 0 Å². The first-order valence-electron chi connectivity index (χ1n) is 5.37. The summed E-state index contributed by atoms with van der Waals surface area (Å²) in [7, 11) is 0. The number of halogens is 1. The fourth-order valence-electron chi connectivity index (χ4n) is 2.26. The summed E-state index contributed by atoms with van der Waals surface area (Å²) in [6, 6.07) is 1.86. The van der Waals surface area contributed by atoms with Crippen molar-refractivity contribution < 1.29 is 15.0 Å². The van der Waals surface area contributed by atoms with E-state index in [1.165, 1.54) is 0 Å². The molecule has 3 nitrogen and oxygen atoms in total. The Morgan fingerprint density at radius 1 is 1.35 bits per heavy atom. The number of aliphatic carboxylic acids is 1. The highest BCUT2D eigenvalue weighted by Crippen LogP contribution is 2.41. The van der Waals surface area contributed by atoms with Crippen LogP contribution in [0.15, 0.2) is 6.07 Å². The van der Waals surface area contributed by atoms with E-state index in [-0.39, 0.29) is 12.2 Å². The van der Waals surface area contributed by atoms with Gasteiger partial charge in [0.2, 0.25) is 0 Å². The number of phenolic OH excluding ortho intramolecular Hbond substituents is 1. The molecule has 1 aromatic rings. The second-order valence-corrected chi connectivity index (χ2v) is 5.38. The Kier molecular flexibility index (Phi) is 3.72. The van der Waals surface area contributed by atoms with Crippen LogP contribution in [0.5, 0.6) is 5.75 Å². The Morgan fingerprint density at radius 3 is 2.35 bits per heavy atom. The van der Waals surface area contributed by atoms with Crippen LogP contribution in [0, 0.1) is 13.8 Å². The third-order valence-electron chi connectivity index (χ3n) is 2.89. The van der Waals surface area contributed by atoms with Crippen LogP contribution in [0.1, 0.15) is 37.0 Å². The second-order valence-electron chi connectivity index (χ2n) is 5.00. The predicted octanol–water partition coefficient (Wildman–Crippen LogP) is 3.41. The van der Waals surface area contributed by atoms with Gasteiger partial charge in [-0.1, -0.05) is 31.5 Å². The van der Waals surface area contributed by atoms with Gasteiger partial charge in [-0.15, -0.1) is 0 Å². The van der Waals surface area contributed by atoms with Crippen molar-refractivity contribution >= 4 is 17.6 Å². The first-order chi connectivity index (χ1) is 7.66. The van der Waals surface area contributed by atoms with Gasteiger partial charge >= 0.3 is 5.97 Å². The summed E-state index contributed by atoms with van der Waals surface area (Å²) in [6.07, 6.45) is -0.0548. The Morgan fingerprint density at radius 2 is 1.88 bits per heavy atom. The number of hydrogen-bond acceptors (Lipinski definition) is 2. The molecule has 0 aliphatic carbocycles. The summed E-state index contributed by atoms with van der Waals surface area (Å²) in [5, 5.41) is 19.3. The molecule has 2 N–H and O–H groups in total. The molecule has 0 spiro atoms. The van der Waals surface area contributed by atoms with Gasteiger partial charge in [-0.25, -0.2) is 0 Å². The first-order valence-corrected chi connectivity index (χ1v) is 5.75. The molecule has 0 aliphatic rings. The van der Waals surface area contributed by atoms with E-state index < -0.39 is 11.4 Å². The van der Waals surface area contributed by atoms with Crippen LogP contribution in [0.4, 0.5) is 0 Å². The molecule has 0 aliphatic heterocycles. The minimum atomic E-state index is -0.898. The van der Waals surface area contributed by atoms with Crippen LogP contribution < -0.4 is 0 Å². The number of carboxylic acids is 1. The maximum Gasteiger partial charge on any atom is 0.304 e. The molecule has 0 heterocycles. The number of phenols is 1. The van der Waals surface area contributed by atoms with E-state index >= 15 is 0 Å². The molecule has 4 heteroatoms. The van der Waals surface area contributed by atoms with Gasteiger partial charge in [0.25, 0.3) is 0 Å². The number of aryl methyl sites for hydroxylation is 2. The zero-order valence-corrected chi connectivity index (χ0v) is 11.2. The summed E-state index contributed by atoms with van der Waals surface area (Å²) >= 11 is 6.00. The Balaban J connectivity index is 3.40. The van der Waals surface area contributed by atoms with Gasteiger partial charge < -0.3 is 10.2 Å². The lowest BCUT2D eigenvalue weighted by Crippen LogP contribution is -2.23. The molecule has 0 unspecified atom stereocenters. The largest absolute Gasteiger partial charge is 0.506 e. The van der Waals surface area contributed by atoms with Gasteiger partial charge in [-0.05, 0) is 25.0 Å². The molecule has 0 fully saturated rings. The lowest BCUT2D eigenvalue weighted by atomic mass is 9.78. The van der Waals surface area contributed by atoms with E-state index in [1.807, 2.05) is 19.9 Å². The van der Waals surface area contributed by atoms with E-state index in [2.05, 4.69) is 0 Å². The quantitative estimate of drug-likeness (QED) is 0.871. The number of rotatable bonds is 3. The van der Waals surface area contributed by atoms with Gasteiger partial charge in [0.05, 0.1) is 11.4 Å². The van der Waals surface area contributed by atoms with Crippen molar-refractivity contribution in [1.29, 1.82) is 0 Å². The van der Waals surface area contributed by atoms with E-state index in [0.717, 1.165) is 11.1 Å². The molecular weight excluding hydrogens is 240 g/mol. The third kappa shape index (κ3) is 2.72. The fourth-order valence-corrected chi connectivity index (χ4v) is 2.41. The SMILES string of the molecule is Cc1cc(C)c(C(C)(C)CC(=O)O)c(O)c1Cl. The first kappa shape index (κ1) is 13.8. The highest BCUT2D eigenvalue weighted by Gasteiger charge is 2.30. The fraction of sp³-hybridized carbons (Fsp3) is 0.462. The van der Waals surface area contributed by atoms with Gasteiger partial charge in [0.1, 0.15) is 5.75 Å². The van der Waals surface area contributed by atoms with Crippen LogP contribution in [-0.2, 0) is 10.2 Å². The van der Waals surface area contributed by atoms with Crippen molar-refractivity contribution in [3.05, 3.63) is 27.8 Å². The Hall–Kier alpha value is -1.22. The van der Waals surface area contributed by atoms with Crippen molar-refractivity contribution in [3.8, 4) is 5.75 Å². The van der Waals surface area contributed by atoms with E-state index in [9.17, 15) is 9.90 Å². The van der Waals surface area contributed by atoms with Crippen LogP contribution in [0.3, 0.4) is 0 Å². The summed E-state index contributed by atoms with van der Waals surface area (Å²) in [5.74, 6) is -0.902. The molecule has 1 aromatic carbocycles. The zero-order chi connectivity index (χ0) is 13.4. The average Bonchev–Trinajstić information content (AvgIpc) is 2.11. The molecule has 0 bridgehead atoms. The van der Waals surface area contributed by atoms with Crippen molar-refractivity contribution in [3.63, 3.8) is 0 Å². The average molecular weight is 257 g/mol. The molecule has 94 valence electrons. The molecule has 0 saturated carbocycles. The van der Waals surface area contributed by atoms with Crippen LogP contribution in [0.25, 0.3) is 0 Å². The monoisotopic (exact) mass is 256 g/mol. The topological polar surface area (TPSA) is 57.5 Å². The van der Waals surface area contributed by atoms with Crippen molar-refractivity contribution in [2.45, 2.75) is 39.5 Å². The standard InChI is InChI=1S/C13H17ClO3/c1-7-5-8(2)11(14)12(17)10(7)13(3,4)6-9(15)16/h5,17H,6H2,1-4H3,(H,15,16). The minimum Gasteiger partial charge on any atom is -0.506 e. The molecule has 1 rings (SSSR count). The Bertz CT molecular complexity index is 464. The van der Waals surface area contributed by atoms with Crippen molar-refractivity contribution in [1.82, 2.24) is 0 Å². The van der Waals surface area contributed by atoms with Crippen LogP contribution in [0.2, 0.25) is 5.02 Å². The second kappa shape index (κ2) is 4.57. The number of carbonyl (C=O) groups is 1. The molecule has 0 saturated heterocycles. The van der Waals surface area contributed by atoms with Gasteiger partial charge in [-0.3, -0.25) is 4.79 Å². The maximum absolute atomic E-state index is 10.8. The smallest absolute Gasteiger partial charge is 0.304 e. The van der Waals surface area contributed by atoms with Gasteiger partial charge in [0, 0.05) is 11.0 Å². The summed E-state index contributed by atoms with van der Waals surface area (Å²) in [4.78, 5) is 10.8. The van der Waals surface area contributed by atoms with Crippen molar-refractivity contribution in [2.75, 3.05) is 0 Å². The van der Waals surface area contributed by atoms with E-state index in [4.69, 9.17) is 16.7 Å². The predicted molar refractivity (Wildman–Crippen MR) is 67.9 cm³/mol. The maximum atomic E-state index is 10.8. The van der Waals surface area contributed by atoms with E-state index in [1.54, 1.807) is 13.8 Å². The summed E-state index contributed by atoms with van der Waals surface area (Å²) in [5.41, 5.74) is 1.60. The van der Waals surface area contributed by atoms with Crippen LogP contribution in [-0.4, -0.2) is 16.2 Å². The highest BCUT2D eigenvalue weighted by molar-refractivity contribution is 6.33. The Labute approximate surface area is 106 Å². The lowest BCUT2D eigenvalue weighted by molar-refractivity contribution is -0.138. The lowest BCUT2D eigenvalue weighted by Gasteiger charge is -2.27. The van der Waals surface area contributed by atoms with Crippen LogP contribution >= 0.6 is 11.6 Å². The molecule has 17 heavy (non-hydrogen) atoms. The number of benzene rings is 1. The normalized spacial score (nSPS) is 11.6. The third-order valence-corrected chi connectivity index (χ3v) is 3.37. The molecule has 0 atom stereocenters. The summed E-state index contributed by atoms with van der Waals surface area (Å²) < 4.78 is 0. The zero-order valence-electron chi connectivity index (χ0n) is 10.5. The molecule has 0 amide bonds. The number of aromatic hydroxyl groups is 1. The summed E-state index contributed by atoms with van der Waals surface area (Å²) in [6.45, 7) is 7.23.